The molecule has 25 heavy (non-hydrogen) atoms. The van der Waals surface area contributed by atoms with Gasteiger partial charge >= 0.3 is 0 Å². The van der Waals surface area contributed by atoms with Crippen LogP contribution in [0.1, 0.15) is 44.9 Å². The average Bonchev–Trinajstić information content (AvgIpc) is 3.25. The Labute approximate surface area is 150 Å². The summed E-state index contributed by atoms with van der Waals surface area (Å²) in [5.41, 5.74) is 0.849. The molecule has 0 radical (unpaired) electrons. The van der Waals surface area contributed by atoms with E-state index in [1.165, 1.54) is 25.7 Å². The molecular formula is C21H28N2O2. The fourth-order valence-electron chi connectivity index (χ4n) is 5.14. The van der Waals surface area contributed by atoms with Crippen molar-refractivity contribution in [2.24, 2.45) is 23.7 Å². The molecule has 4 nitrogen and oxygen atoms in total. The quantitative estimate of drug-likeness (QED) is 0.909. The van der Waals surface area contributed by atoms with Gasteiger partial charge in [0.25, 0.3) is 0 Å². The molecular weight excluding hydrogens is 312 g/mol. The molecule has 1 aliphatic heterocycles. The van der Waals surface area contributed by atoms with E-state index in [1.807, 2.05) is 35.2 Å². The highest BCUT2D eigenvalue weighted by molar-refractivity contribution is 5.92. The summed E-state index contributed by atoms with van der Waals surface area (Å²) in [6.45, 7) is 1.46. The number of carbonyl (C=O) groups excluding carboxylic acids is 2. The predicted molar refractivity (Wildman–Crippen MR) is 97.9 cm³/mol. The summed E-state index contributed by atoms with van der Waals surface area (Å²) < 4.78 is 0. The minimum Gasteiger partial charge on any atom is -0.343 e. The Hall–Kier alpha value is -1.84. The van der Waals surface area contributed by atoms with Crippen LogP contribution in [0, 0.1) is 23.7 Å². The highest BCUT2D eigenvalue weighted by atomic mass is 16.2. The molecule has 0 spiro atoms. The van der Waals surface area contributed by atoms with Gasteiger partial charge in [0.2, 0.25) is 11.8 Å². The number of likely N-dealkylation sites (tertiary alicyclic amines) is 1. The van der Waals surface area contributed by atoms with Gasteiger partial charge in [0, 0.05) is 31.1 Å². The maximum Gasteiger partial charge on any atom is 0.227 e. The first-order chi connectivity index (χ1) is 12.2. The van der Waals surface area contributed by atoms with Crippen LogP contribution in [0.25, 0.3) is 0 Å². The molecule has 2 amide bonds. The zero-order chi connectivity index (χ0) is 17.2. The molecule has 1 aromatic carbocycles. The monoisotopic (exact) mass is 340 g/mol. The van der Waals surface area contributed by atoms with Crippen molar-refractivity contribution in [3.8, 4) is 0 Å². The van der Waals surface area contributed by atoms with Gasteiger partial charge in [0.1, 0.15) is 0 Å². The fourth-order valence-corrected chi connectivity index (χ4v) is 5.14. The molecule has 3 atom stereocenters. The first-order valence-corrected chi connectivity index (χ1v) is 9.82. The number of piperidine rings is 1. The zero-order valence-electron chi connectivity index (χ0n) is 14.8. The van der Waals surface area contributed by atoms with Crippen LogP contribution in [-0.2, 0) is 9.59 Å². The van der Waals surface area contributed by atoms with Crippen LogP contribution in [0.4, 0.5) is 5.69 Å². The zero-order valence-corrected chi connectivity index (χ0v) is 14.8. The van der Waals surface area contributed by atoms with Crippen LogP contribution < -0.4 is 5.32 Å². The summed E-state index contributed by atoms with van der Waals surface area (Å²) in [4.78, 5) is 27.0. The van der Waals surface area contributed by atoms with Crippen molar-refractivity contribution in [1.29, 1.82) is 0 Å². The Balaban J connectivity index is 1.24. The van der Waals surface area contributed by atoms with Gasteiger partial charge in [0.15, 0.2) is 0 Å². The number of nitrogens with zero attached hydrogens (tertiary/aromatic N) is 1. The van der Waals surface area contributed by atoms with Crippen molar-refractivity contribution in [1.82, 2.24) is 4.90 Å². The Morgan fingerprint density at radius 3 is 2.40 bits per heavy atom. The molecule has 1 N–H and O–H groups in total. The molecule has 0 aromatic heterocycles. The summed E-state index contributed by atoms with van der Waals surface area (Å²) in [6, 6.07) is 9.60. The van der Waals surface area contributed by atoms with Crippen LogP contribution in [-0.4, -0.2) is 29.8 Å². The smallest absolute Gasteiger partial charge is 0.227 e. The van der Waals surface area contributed by atoms with Crippen LogP contribution >= 0.6 is 0 Å². The van der Waals surface area contributed by atoms with Gasteiger partial charge in [0.05, 0.1) is 0 Å². The third-order valence-electron chi connectivity index (χ3n) is 6.58. The van der Waals surface area contributed by atoms with Gasteiger partial charge < -0.3 is 10.2 Å². The number of hydrogen-bond acceptors (Lipinski definition) is 2. The number of carbonyl (C=O) groups is 2. The van der Waals surface area contributed by atoms with Gasteiger partial charge in [-0.3, -0.25) is 9.59 Å². The predicted octanol–water partition coefficient (Wildman–Crippen LogP) is 3.69. The number of benzene rings is 1. The Morgan fingerprint density at radius 2 is 1.76 bits per heavy atom. The van der Waals surface area contributed by atoms with E-state index in [9.17, 15) is 9.59 Å². The minimum absolute atomic E-state index is 0.0201. The maximum absolute atomic E-state index is 12.6. The number of fused-ring (bicyclic) bond motifs is 2. The molecule has 4 heteroatoms. The van der Waals surface area contributed by atoms with Gasteiger partial charge in [-0.15, -0.1) is 0 Å². The Bertz CT molecular complexity index is 622. The summed E-state index contributed by atoms with van der Waals surface area (Å²) in [5.74, 6) is 2.77. The number of hydrogen-bond donors (Lipinski definition) is 1. The van der Waals surface area contributed by atoms with Gasteiger partial charge in [-0.25, -0.2) is 0 Å². The second-order valence-corrected chi connectivity index (χ2v) is 8.15. The summed E-state index contributed by atoms with van der Waals surface area (Å²) in [5, 5.41) is 2.99. The first-order valence-electron chi connectivity index (χ1n) is 9.82. The highest BCUT2D eigenvalue weighted by Gasteiger charge is 2.41. The van der Waals surface area contributed by atoms with Gasteiger partial charge in [-0.05, 0) is 62.0 Å². The van der Waals surface area contributed by atoms with E-state index in [4.69, 9.17) is 0 Å². The van der Waals surface area contributed by atoms with Crippen LogP contribution in [0.15, 0.2) is 30.3 Å². The van der Waals surface area contributed by atoms with Crippen LogP contribution in [0.5, 0.6) is 0 Å². The Kier molecular flexibility index (Phi) is 4.78. The third-order valence-corrected chi connectivity index (χ3v) is 6.58. The van der Waals surface area contributed by atoms with Gasteiger partial charge in [-0.2, -0.15) is 0 Å². The lowest BCUT2D eigenvalue weighted by Crippen LogP contribution is -2.42. The van der Waals surface area contributed by atoms with E-state index >= 15 is 0 Å². The van der Waals surface area contributed by atoms with Crippen molar-refractivity contribution >= 4 is 17.5 Å². The third kappa shape index (κ3) is 3.73. The molecule has 1 heterocycles. The Morgan fingerprint density at radius 1 is 1.00 bits per heavy atom. The average molecular weight is 340 g/mol. The van der Waals surface area contributed by atoms with Crippen molar-refractivity contribution in [2.45, 2.75) is 44.9 Å². The molecule has 4 rings (SSSR count). The number of anilines is 1. The largest absolute Gasteiger partial charge is 0.343 e. The summed E-state index contributed by atoms with van der Waals surface area (Å²) >= 11 is 0. The van der Waals surface area contributed by atoms with Crippen molar-refractivity contribution < 1.29 is 9.59 Å². The number of rotatable bonds is 4. The lowest BCUT2D eigenvalue weighted by Gasteiger charge is -2.33. The molecule has 134 valence electrons. The SMILES string of the molecule is O=C(Nc1ccccc1)C1CCN(C(=O)C[C@@H]2C[C@H]3CC[C@@H]2C3)CC1. The number of amides is 2. The van der Waals surface area contributed by atoms with Crippen molar-refractivity contribution in [3.63, 3.8) is 0 Å². The number of nitrogens with one attached hydrogen (secondary N) is 1. The van der Waals surface area contributed by atoms with Crippen LogP contribution in [0.2, 0.25) is 0 Å². The standard InChI is InChI=1S/C21H28N2O2/c24-20(14-18-13-15-6-7-17(18)12-15)23-10-8-16(9-11-23)21(25)22-19-4-2-1-3-5-19/h1-5,15-18H,6-14H2,(H,22,25)/t15-,17+,18-/m0/s1. The van der Waals surface area contributed by atoms with E-state index in [0.717, 1.165) is 49.9 Å². The molecule has 2 saturated carbocycles. The first kappa shape index (κ1) is 16.6. The van der Waals surface area contributed by atoms with Crippen molar-refractivity contribution in [2.75, 3.05) is 18.4 Å². The van der Waals surface area contributed by atoms with E-state index in [2.05, 4.69) is 5.32 Å². The second-order valence-electron chi connectivity index (χ2n) is 8.15. The number of para-hydroxylation sites is 1. The maximum atomic E-state index is 12.6. The lowest BCUT2D eigenvalue weighted by molar-refractivity contribution is -0.135. The van der Waals surface area contributed by atoms with Crippen LogP contribution in [0.3, 0.4) is 0 Å². The molecule has 1 aromatic rings. The fraction of sp³-hybridized carbons (Fsp3) is 0.619. The second kappa shape index (κ2) is 7.19. The van der Waals surface area contributed by atoms with Crippen molar-refractivity contribution in [3.05, 3.63) is 30.3 Å². The molecule has 1 saturated heterocycles. The molecule has 0 unspecified atom stereocenters. The minimum atomic E-state index is 0.0201. The topological polar surface area (TPSA) is 49.4 Å². The normalized spacial score (nSPS) is 29.0. The van der Waals surface area contributed by atoms with E-state index in [0.29, 0.717) is 11.8 Å². The van der Waals surface area contributed by atoms with E-state index in [-0.39, 0.29) is 11.8 Å². The summed E-state index contributed by atoms with van der Waals surface area (Å²) in [6.07, 6.45) is 7.65. The van der Waals surface area contributed by atoms with E-state index < -0.39 is 0 Å². The lowest BCUT2D eigenvalue weighted by atomic mass is 9.85. The van der Waals surface area contributed by atoms with Gasteiger partial charge in [-0.1, -0.05) is 24.6 Å². The summed E-state index contributed by atoms with van der Waals surface area (Å²) in [7, 11) is 0. The highest BCUT2D eigenvalue weighted by Crippen LogP contribution is 2.49. The molecule has 2 bridgehead atoms. The molecule has 2 aliphatic carbocycles. The van der Waals surface area contributed by atoms with E-state index in [1.54, 1.807) is 0 Å². The molecule has 3 aliphatic rings. The molecule has 3 fully saturated rings.